The summed E-state index contributed by atoms with van der Waals surface area (Å²) in [6.45, 7) is 12.6. The van der Waals surface area contributed by atoms with Crippen LogP contribution in [-0.4, -0.2) is 43.3 Å². The Labute approximate surface area is 802 Å². The van der Waals surface area contributed by atoms with Crippen LogP contribution in [0.3, 0.4) is 0 Å². The third kappa shape index (κ3) is 15.9. The van der Waals surface area contributed by atoms with E-state index in [0.29, 0.717) is 0 Å². The van der Waals surface area contributed by atoms with Gasteiger partial charge in [-0.05, 0) is 236 Å². The summed E-state index contributed by atoms with van der Waals surface area (Å²) < 4.78 is 12.3. The van der Waals surface area contributed by atoms with Gasteiger partial charge in [-0.15, -0.1) is 0 Å². The Morgan fingerprint density at radius 1 is 0.210 bits per heavy atom. The number of hydrogen-bond donors (Lipinski definition) is 0. The number of aromatic nitrogens is 6. The number of ether oxygens (including phenoxy) is 2. The lowest BCUT2D eigenvalue weighted by atomic mass is 9.33. The number of fused-ring (bicyclic) bond motifs is 22. The van der Waals surface area contributed by atoms with Crippen molar-refractivity contribution in [2.75, 3.05) is 9.80 Å². The van der Waals surface area contributed by atoms with E-state index in [1.807, 2.05) is 99.6 Å². The minimum absolute atomic E-state index is 0.181. The van der Waals surface area contributed by atoms with E-state index in [2.05, 4.69) is 426 Å². The van der Waals surface area contributed by atoms with Gasteiger partial charge in [-0.2, -0.15) is 0 Å². The van der Waals surface area contributed by atoms with E-state index in [9.17, 15) is 0 Å². The fraction of sp³-hybridized carbons (Fsp3) is 0.0476. The predicted molar refractivity (Wildman–Crippen MR) is 579 cm³/mol. The van der Waals surface area contributed by atoms with Gasteiger partial charge in [-0.3, -0.25) is 0 Å². The van der Waals surface area contributed by atoms with Crippen molar-refractivity contribution in [2.24, 2.45) is 0 Å². The SMILES string of the molecule is Cc1cc2c3c(c1)N(c1ccccc1)c1ccccc1B3c1ccccc1N2c1ccccc1.Cc1cc2c3c(c1)Oc1ccccc1B3c1ccccc1O2.Cc1ccc2c3ccccc3c3ccccc3c2c1.Cc1nc(-c2ccccc2)c2c(ccc3ccccc32)n1.Cc1nc(-c2ccccc2)c2cc3ccccc3cc2n1.Cc1nc(-c2ccccc2)c2ccc3ccccc3c2n1. The molecule has 10 nitrogen and oxygen atoms in total. The molecule has 0 fully saturated rings. The van der Waals surface area contributed by atoms with Crippen molar-refractivity contribution in [3.8, 4) is 56.8 Å². The Morgan fingerprint density at radius 3 is 1.12 bits per heavy atom. The predicted octanol–water partition coefficient (Wildman–Crippen LogP) is 28.5. The van der Waals surface area contributed by atoms with Crippen LogP contribution < -0.4 is 52.1 Å². The fourth-order valence-corrected chi connectivity index (χ4v) is 20.7. The monoisotopic (exact) mass is 1770 g/mol. The average molecular weight is 1770 g/mol. The van der Waals surface area contributed by atoms with E-state index >= 15 is 0 Å². The van der Waals surface area contributed by atoms with Crippen LogP contribution in [0.1, 0.15) is 34.2 Å². The van der Waals surface area contributed by atoms with E-state index in [4.69, 9.17) is 14.5 Å². The molecule has 0 aliphatic carbocycles. The second-order valence-electron chi connectivity index (χ2n) is 35.7. The molecule has 0 amide bonds. The molecule has 654 valence electrons. The first-order chi connectivity index (χ1) is 67.9. The number of anilines is 6. The molecule has 0 bridgehead atoms. The molecule has 21 aromatic carbocycles. The number of hydrogen-bond acceptors (Lipinski definition) is 10. The van der Waals surface area contributed by atoms with E-state index in [1.54, 1.807) is 0 Å². The fourth-order valence-electron chi connectivity index (χ4n) is 20.7. The lowest BCUT2D eigenvalue weighted by Gasteiger charge is -2.44. The Bertz CT molecular complexity index is 8550. The summed E-state index contributed by atoms with van der Waals surface area (Å²) in [7, 11) is 0. The molecule has 4 aliphatic heterocycles. The highest BCUT2D eigenvalue weighted by atomic mass is 16.5. The zero-order chi connectivity index (χ0) is 92.9. The van der Waals surface area contributed by atoms with Gasteiger partial charge in [0.2, 0.25) is 0 Å². The molecule has 138 heavy (non-hydrogen) atoms. The van der Waals surface area contributed by atoms with Crippen molar-refractivity contribution in [3.05, 3.63) is 483 Å². The average Bonchev–Trinajstić information content (AvgIpc) is 0.695. The van der Waals surface area contributed by atoms with Gasteiger partial charge in [0.25, 0.3) is 13.4 Å². The standard InChI is InChI=1S/C31H23BN2.C19H13BO2.3C19H14N2.C19H14/c1-22-20-29-31-30(21-22)34(24-14-6-3-7-15-24)28-19-11-9-17-26(28)32(31)25-16-8-10-18-27(25)33(29)23-12-4-2-5-13-23;1-12-10-17-19-18(11-12)22-16-9-5-3-7-14(16)20(19)13-6-2-4-8-15(13)21-17;1-13-20-17-12-11-14-7-5-6-10-16(14)18(17)19(21-13)15-8-3-2-4-9-15;1-13-20-18(15-8-3-2-4-9-15)17-12-11-14-7-5-6-10-16(14)19(17)21-13;1-13-20-18-12-16-10-6-5-9-15(16)11-17(18)19(21-13)14-7-3-2-4-8-14;1-13-10-11-18-16-8-3-2-6-14(16)15-7-4-5-9-17(15)19(18)12-13/h2-21H,1H3;2-11H,1H3;3*2-12H,1H3;2-12H,1H3. The van der Waals surface area contributed by atoms with Crippen LogP contribution in [0.5, 0.6) is 23.0 Å². The quantitative estimate of drug-likeness (QED) is 0.0940. The summed E-state index contributed by atoms with van der Waals surface area (Å²) in [5.74, 6) is 6.11. The van der Waals surface area contributed by atoms with Crippen LogP contribution in [0.15, 0.2) is 449 Å². The van der Waals surface area contributed by atoms with Gasteiger partial charge < -0.3 is 19.3 Å². The summed E-state index contributed by atoms with van der Waals surface area (Å²) in [4.78, 5) is 32.8. The maximum Gasteiger partial charge on any atom is 0.260 e. The van der Waals surface area contributed by atoms with Crippen molar-refractivity contribution in [3.63, 3.8) is 0 Å². The molecule has 0 unspecified atom stereocenters. The minimum atomic E-state index is 0.181. The molecule has 0 saturated carbocycles. The zero-order valence-electron chi connectivity index (χ0n) is 77.3. The maximum absolute atomic E-state index is 6.14. The van der Waals surface area contributed by atoms with Gasteiger partial charge in [0.15, 0.2) is 0 Å². The van der Waals surface area contributed by atoms with E-state index in [0.717, 1.165) is 118 Å². The molecule has 12 heteroatoms. The van der Waals surface area contributed by atoms with E-state index in [-0.39, 0.29) is 13.4 Å². The van der Waals surface area contributed by atoms with E-state index < -0.39 is 0 Å². The first-order valence-corrected chi connectivity index (χ1v) is 47.1. The third-order valence-corrected chi connectivity index (χ3v) is 26.6. The van der Waals surface area contributed by atoms with Crippen molar-refractivity contribution >= 4 is 178 Å². The first kappa shape index (κ1) is 84.8. The summed E-state index contributed by atoms with van der Waals surface area (Å²) in [5, 5.41) is 18.6. The topological polar surface area (TPSA) is 102 Å². The highest BCUT2D eigenvalue weighted by Crippen LogP contribution is 2.46. The second kappa shape index (κ2) is 36.5. The molecule has 4 aliphatic rings. The highest BCUT2D eigenvalue weighted by Gasteiger charge is 2.44. The molecule has 0 spiro atoms. The van der Waals surface area contributed by atoms with Crippen molar-refractivity contribution in [1.82, 2.24) is 29.9 Å². The van der Waals surface area contributed by atoms with Crippen molar-refractivity contribution in [1.29, 1.82) is 0 Å². The molecular formula is C126H92B2N8O2. The van der Waals surface area contributed by atoms with E-state index in [1.165, 1.54) is 137 Å². The molecule has 0 N–H and O–H groups in total. The molecular weight excluding hydrogens is 1680 g/mol. The van der Waals surface area contributed by atoms with Crippen LogP contribution in [0.25, 0.3) is 131 Å². The number of nitrogens with zero attached hydrogens (tertiary/aromatic N) is 8. The Balaban J connectivity index is 0.0000000939. The summed E-state index contributed by atoms with van der Waals surface area (Å²) in [5.41, 5.74) is 28.2. The van der Waals surface area contributed by atoms with Gasteiger partial charge in [0.1, 0.15) is 40.5 Å². The lowest BCUT2D eigenvalue weighted by molar-refractivity contribution is 0.464. The lowest BCUT2D eigenvalue weighted by Crippen LogP contribution is -2.61. The number of rotatable bonds is 5. The largest absolute Gasteiger partial charge is 0.458 e. The third-order valence-electron chi connectivity index (χ3n) is 26.6. The smallest absolute Gasteiger partial charge is 0.260 e. The van der Waals surface area contributed by atoms with Gasteiger partial charge in [-0.25, -0.2) is 29.9 Å². The zero-order valence-corrected chi connectivity index (χ0v) is 77.3. The molecule has 7 heterocycles. The molecule has 3 aromatic heterocycles. The Kier molecular flexibility index (Phi) is 22.4. The summed E-state index contributed by atoms with van der Waals surface area (Å²) >= 11 is 0. The highest BCUT2D eigenvalue weighted by molar-refractivity contribution is 7.00. The Morgan fingerprint density at radius 2 is 0.580 bits per heavy atom. The minimum Gasteiger partial charge on any atom is -0.458 e. The van der Waals surface area contributed by atoms with Crippen LogP contribution in [0.2, 0.25) is 0 Å². The van der Waals surface area contributed by atoms with Gasteiger partial charge in [-0.1, -0.05) is 357 Å². The van der Waals surface area contributed by atoms with Gasteiger partial charge in [0, 0.05) is 77.8 Å². The molecule has 0 radical (unpaired) electrons. The van der Waals surface area contributed by atoms with Gasteiger partial charge in [0.05, 0.1) is 33.6 Å². The van der Waals surface area contributed by atoms with Crippen LogP contribution in [-0.2, 0) is 0 Å². The number of para-hydroxylation sites is 6. The maximum atomic E-state index is 6.14. The molecule has 24 aromatic rings. The molecule has 28 rings (SSSR count). The van der Waals surface area contributed by atoms with Crippen LogP contribution in [0.4, 0.5) is 34.1 Å². The molecule has 0 atom stereocenters. The van der Waals surface area contributed by atoms with Gasteiger partial charge >= 0.3 is 0 Å². The van der Waals surface area contributed by atoms with Crippen LogP contribution >= 0.6 is 0 Å². The van der Waals surface area contributed by atoms with Crippen LogP contribution in [0, 0.1) is 41.5 Å². The Hall–Kier alpha value is -17.5. The first-order valence-electron chi connectivity index (χ1n) is 47.1. The van der Waals surface area contributed by atoms with Crippen molar-refractivity contribution < 1.29 is 9.47 Å². The normalized spacial score (nSPS) is 12.0. The summed E-state index contributed by atoms with van der Waals surface area (Å²) in [6, 6.07) is 158. The summed E-state index contributed by atoms with van der Waals surface area (Å²) in [6.07, 6.45) is 0. The number of aryl methyl sites for hydroxylation is 6. The van der Waals surface area contributed by atoms with Crippen molar-refractivity contribution in [2.45, 2.75) is 41.5 Å². The number of benzene rings is 21. The second-order valence-corrected chi connectivity index (χ2v) is 35.7. The molecule has 0 saturated heterocycles.